The molecular formula is C6H10Cl2O2. The van der Waals surface area contributed by atoms with Crippen LogP contribution in [0.15, 0.2) is 0 Å². The van der Waals surface area contributed by atoms with Crippen molar-refractivity contribution in [2.24, 2.45) is 0 Å². The Morgan fingerprint density at radius 3 is 2.50 bits per heavy atom. The Hall–Kier alpha value is 0.0500. The molecule has 2 nitrogen and oxygen atoms in total. The topological polar surface area (TPSA) is 26.3 Å². The van der Waals surface area contributed by atoms with Gasteiger partial charge in [-0.2, -0.15) is 0 Å². The van der Waals surface area contributed by atoms with Crippen molar-refractivity contribution in [3.8, 4) is 0 Å². The number of esters is 1. The molecule has 0 aromatic heterocycles. The van der Waals surface area contributed by atoms with Gasteiger partial charge in [0.25, 0.3) is 0 Å². The first-order valence-electron chi connectivity index (χ1n) is 2.99. The summed E-state index contributed by atoms with van der Waals surface area (Å²) in [5.41, 5.74) is 0. The van der Waals surface area contributed by atoms with Gasteiger partial charge >= 0.3 is 5.97 Å². The number of alkyl halides is 2. The molecule has 60 valence electrons. The van der Waals surface area contributed by atoms with E-state index in [1.54, 1.807) is 0 Å². The van der Waals surface area contributed by atoms with Crippen molar-refractivity contribution in [1.29, 1.82) is 0 Å². The van der Waals surface area contributed by atoms with E-state index in [-0.39, 0.29) is 12.1 Å². The Morgan fingerprint density at radius 1 is 1.60 bits per heavy atom. The van der Waals surface area contributed by atoms with Crippen LogP contribution in [0.1, 0.15) is 13.3 Å². The Morgan fingerprint density at radius 2 is 2.20 bits per heavy atom. The van der Waals surface area contributed by atoms with Gasteiger partial charge in [-0.25, -0.2) is 0 Å². The standard InChI is InChI=1S/C6H10Cl2O2/c1-5(9)10-6(4-8)2-3-7/h6H,2-4H2,1H3/t6-/m1/s1. The van der Waals surface area contributed by atoms with Crippen LogP contribution in [0.3, 0.4) is 0 Å². The summed E-state index contributed by atoms with van der Waals surface area (Å²) in [6.45, 7) is 1.35. The lowest BCUT2D eigenvalue weighted by Gasteiger charge is -2.11. The minimum Gasteiger partial charge on any atom is -0.461 e. The van der Waals surface area contributed by atoms with Crippen LogP contribution in [0.5, 0.6) is 0 Å². The molecular weight excluding hydrogens is 175 g/mol. The van der Waals surface area contributed by atoms with Crippen LogP contribution >= 0.6 is 23.2 Å². The molecule has 0 aliphatic carbocycles. The quantitative estimate of drug-likeness (QED) is 0.493. The van der Waals surface area contributed by atoms with Crippen LogP contribution < -0.4 is 0 Å². The Kier molecular flexibility index (Phi) is 5.84. The number of halogens is 2. The maximum absolute atomic E-state index is 10.4. The van der Waals surface area contributed by atoms with Gasteiger partial charge in [-0.05, 0) is 6.42 Å². The summed E-state index contributed by atoms with van der Waals surface area (Å²) < 4.78 is 4.78. The monoisotopic (exact) mass is 184 g/mol. The Bertz CT molecular complexity index is 106. The minimum absolute atomic E-state index is 0.225. The van der Waals surface area contributed by atoms with Crippen LogP contribution in [-0.4, -0.2) is 23.8 Å². The van der Waals surface area contributed by atoms with E-state index in [1.165, 1.54) is 6.92 Å². The summed E-state index contributed by atoms with van der Waals surface area (Å²) in [7, 11) is 0. The van der Waals surface area contributed by atoms with E-state index in [0.29, 0.717) is 18.2 Å². The van der Waals surface area contributed by atoms with Crippen LogP contribution in [-0.2, 0) is 9.53 Å². The second-order valence-corrected chi connectivity index (χ2v) is 2.55. The van der Waals surface area contributed by atoms with Crippen molar-refractivity contribution < 1.29 is 9.53 Å². The zero-order valence-corrected chi connectivity index (χ0v) is 7.28. The lowest BCUT2D eigenvalue weighted by atomic mass is 10.3. The number of carbonyl (C=O) groups excluding carboxylic acids is 1. The maximum Gasteiger partial charge on any atom is 0.302 e. The highest BCUT2D eigenvalue weighted by atomic mass is 35.5. The highest BCUT2D eigenvalue weighted by Gasteiger charge is 2.08. The zero-order chi connectivity index (χ0) is 7.98. The van der Waals surface area contributed by atoms with Crippen LogP contribution in [0.25, 0.3) is 0 Å². The molecule has 1 atom stereocenters. The van der Waals surface area contributed by atoms with Gasteiger partial charge in [0.05, 0.1) is 5.88 Å². The Balaban J connectivity index is 3.49. The molecule has 0 aliphatic rings. The number of hydrogen-bond donors (Lipinski definition) is 0. The Labute approximate surface area is 70.4 Å². The van der Waals surface area contributed by atoms with Gasteiger partial charge in [0.1, 0.15) is 6.10 Å². The van der Waals surface area contributed by atoms with E-state index in [1.807, 2.05) is 0 Å². The molecule has 0 aromatic carbocycles. The lowest BCUT2D eigenvalue weighted by Crippen LogP contribution is -2.18. The van der Waals surface area contributed by atoms with E-state index >= 15 is 0 Å². The lowest BCUT2D eigenvalue weighted by molar-refractivity contribution is -0.145. The van der Waals surface area contributed by atoms with Gasteiger partial charge in [-0.1, -0.05) is 0 Å². The van der Waals surface area contributed by atoms with Crippen molar-refractivity contribution in [3.63, 3.8) is 0 Å². The fourth-order valence-electron chi connectivity index (χ4n) is 0.524. The first kappa shape index (κ1) is 10.0. The summed E-state index contributed by atoms with van der Waals surface area (Å²) in [5, 5.41) is 0. The molecule has 0 aromatic rings. The summed E-state index contributed by atoms with van der Waals surface area (Å²) in [4.78, 5) is 10.4. The van der Waals surface area contributed by atoms with Crippen molar-refractivity contribution in [3.05, 3.63) is 0 Å². The van der Waals surface area contributed by atoms with Gasteiger partial charge < -0.3 is 4.74 Å². The summed E-state index contributed by atoms with van der Waals surface area (Å²) in [6, 6.07) is 0. The summed E-state index contributed by atoms with van der Waals surface area (Å²) in [5.74, 6) is 0.465. The smallest absolute Gasteiger partial charge is 0.302 e. The summed E-state index contributed by atoms with van der Waals surface area (Å²) >= 11 is 10.9. The molecule has 0 bridgehead atoms. The zero-order valence-electron chi connectivity index (χ0n) is 5.77. The van der Waals surface area contributed by atoms with Crippen molar-refractivity contribution in [2.45, 2.75) is 19.4 Å². The highest BCUT2D eigenvalue weighted by Crippen LogP contribution is 2.02. The first-order valence-corrected chi connectivity index (χ1v) is 4.06. The van der Waals surface area contributed by atoms with Gasteiger partial charge in [-0.15, -0.1) is 23.2 Å². The van der Waals surface area contributed by atoms with Gasteiger partial charge in [-0.3, -0.25) is 4.79 Å². The third-order valence-corrected chi connectivity index (χ3v) is 1.50. The van der Waals surface area contributed by atoms with E-state index in [0.717, 1.165) is 0 Å². The van der Waals surface area contributed by atoms with Gasteiger partial charge in [0.15, 0.2) is 0 Å². The molecule has 0 N–H and O–H groups in total. The van der Waals surface area contributed by atoms with Gasteiger partial charge in [0.2, 0.25) is 0 Å². The number of carbonyl (C=O) groups is 1. The molecule has 0 saturated heterocycles. The van der Waals surface area contributed by atoms with E-state index in [4.69, 9.17) is 27.9 Å². The minimum atomic E-state index is -0.309. The molecule has 0 rings (SSSR count). The number of rotatable bonds is 4. The van der Waals surface area contributed by atoms with Crippen LogP contribution in [0.4, 0.5) is 0 Å². The average Bonchev–Trinajstić information content (AvgIpc) is 1.86. The second-order valence-electron chi connectivity index (χ2n) is 1.86. The predicted molar refractivity (Wildman–Crippen MR) is 41.6 cm³/mol. The molecule has 0 aliphatic heterocycles. The SMILES string of the molecule is CC(=O)O[C@@H](CCl)CCCl. The summed E-state index contributed by atoms with van der Waals surface area (Å²) in [6.07, 6.45) is 0.390. The maximum atomic E-state index is 10.4. The largest absolute Gasteiger partial charge is 0.461 e. The molecule has 0 amide bonds. The molecule has 0 fully saturated rings. The molecule has 0 radical (unpaired) electrons. The molecule has 0 heterocycles. The fraction of sp³-hybridized carbons (Fsp3) is 0.833. The first-order chi connectivity index (χ1) is 4.70. The number of ether oxygens (including phenoxy) is 1. The normalized spacial score (nSPS) is 12.7. The van der Waals surface area contributed by atoms with Crippen molar-refractivity contribution >= 4 is 29.2 Å². The molecule has 0 saturated carbocycles. The van der Waals surface area contributed by atoms with E-state index in [2.05, 4.69) is 0 Å². The van der Waals surface area contributed by atoms with Crippen LogP contribution in [0.2, 0.25) is 0 Å². The van der Waals surface area contributed by atoms with E-state index in [9.17, 15) is 4.79 Å². The predicted octanol–water partition coefficient (Wildman–Crippen LogP) is 1.79. The third kappa shape index (κ3) is 4.89. The molecule has 4 heteroatoms. The average molecular weight is 185 g/mol. The molecule has 10 heavy (non-hydrogen) atoms. The fourth-order valence-corrected chi connectivity index (χ4v) is 0.985. The second kappa shape index (κ2) is 5.81. The van der Waals surface area contributed by atoms with Crippen LogP contribution in [0, 0.1) is 0 Å². The molecule has 0 spiro atoms. The third-order valence-electron chi connectivity index (χ3n) is 0.936. The molecule has 0 unspecified atom stereocenters. The van der Waals surface area contributed by atoms with Gasteiger partial charge in [0, 0.05) is 12.8 Å². The highest BCUT2D eigenvalue weighted by molar-refractivity contribution is 6.19. The van der Waals surface area contributed by atoms with Crippen molar-refractivity contribution in [1.82, 2.24) is 0 Å². The van der Waals surface area contributed by atoms with E-state index < -0.39 is 0 Å². The van der Waals surface area contributed by atoms with Crippen molar-refractivity contribution in [2.75, 3.05) is 11.8 Å². The number of hydrogen-bond acceptors (Lipinski definition) is 2.